The Morgan fingerprint density at radius 1 is 1.61 bits per heavy atom. The first kappa shape index (κ1) is 13.3. The lowest BCUT2D eigenvalue weighted by Gasteiger charge is -2.36. The number of amides is 2. The van der Waals surface area contributed by atoms with Gasteiger partial charge in [0.2, 0.25) is 0 Å². The van der Waals surface area contributed by atoms with Crippen LogP contribution >= 0.6 is 11.3 Å². The minimum atomic E-state index is -0.361. The maximum atomic E-state index is 11.9. The largest absolute Gasteiger partial charge is 0.389 e. The standard InChI is InChI=1S/C12H19N3O2S/c1-4-10(11-13-7(2)8(3)18-11)14-12(17)15-5-9(16)6-15/h9-10,16H,4-6H2,1-3H3,(H,14,17)/t10-/m0/s1. The van der Waals surface area contributed by atoms with Crippen LogP contribution < -0.4 is 5.32 Å². The molecule has 6 heteroatoms. The van der Waals surface area contributed by atoms with Gasteiger partial charge in [-0.1, -0.05) is 6.92 Å². The number of rotatable bonds is 3. The van der Waals surface area contributed by atoms with Crippen molar-refractivity contribution in [3.8, 4) is 0 Å². The number of carbonyl (C=O) groups excluding carboxylic acids is 1. The molecule has 0 aromatic carbocycles. The van der Waals surface area contributed by atoms with E-state index in [9.17, 15) is 9.90 Å². The van der Waals surface area contributed by atoms with E-state index in [2.05, 4.69) is 10.3 Å². The highest BCUT2D eigenvalue weighted by Crippen LogP contribution is 2.25. The Kier molecular flexibility index (Phi) is 3.87. The van der Waals surface area contributed by atoms with Crippen molar-refractivity contribution in [2.45, 2.75) is 39.3 Å². The van der Waals surface area contributed by atoms with Gasteiger partial charge in [-0.2, -0.15) is 0 Å². The first-order chi connectivity index (χ1) is 8.51. The summed E-state index contributed by atoms with van der Waals surface area (Å²) in [5.41, 5.74) is 1.03. The predicted octanol–water partition coefficient (Wildman–Crippen LogP) is 1.60. The normalized spacial score (nSPS) is 17.4. The van der Waals surface area contributed by atoms with E-state index in [1.807, 2.05) is 20.8 Å². The number of β-amino-alcohol motifs (C(OH)–C–C–N with tert-alkyl or cyclic N) is 1. The number of likely N-dealkylation sites (tertiary alicyclic amines) is 1. The zero-order valence-corrected chi connectivity index (χ0v) is 11.8. The van der Waals surface area contributed by atoms with Crippen LogP contribution in [0.3, 0.4) is 0 Å². The summed E-state index contributed by atoms with van der Waals surface area (Å²) in [6.45, 7) is 6.91. The third-order valence-electron chi connectivity index (χ3n) is 3.20. The molecule has 1 saturated heterocycles. The van der Waals surface area contributed by atoms with Crippen molar-refractivity contribution in [2.75, 3.05) is 13.1 Å². The number of hydrogen-bond donors (Lipinski definition) is 2. The molecule has 5 nitrogen and oxygen atoms in total. The van der Waals surface area contributed by atoms with Crippen LogP contribution in [0.25, 0.3) is 0 Å². The number of urea groups is 1. The van der Waals surface area contributed by atoms with Crippen LogP contribution in [0, 0.1) is 13.8 Å². The van der Waals surface area contributed by atoms with Crippen molar-refractivity contribution in [1.29, 1.82) is 0 Å². The molecule has 0 saturated carbocycles. The van der Waals surface area contributed by atoms with Crippen LogP contribution in [-0.4, -0.2) is 40.2 Å². The second kappa shape index (κ2) is 5.24. The summed E-state index contributed by atoms with van der Waals surface area (Å²) in [4.78, 5) is 19.2. The highest BCUT2D eigenvalue weighted by atomic mass is 32.1. The number of hydrogen-bond acceptors (Lipinski definition) is 4. The number of aryl methyl sites for hydroxylation is 2. The summed E-state index contributed by atoms with van der Waals surface area (Å²) < 4.78 is 0. The van der Waals surface area contributed by atoms with E-state index in [1.165, 1.54) is 4.88 Å². The maximum absolute atomic E-state index is 11.9. The SMILES string of the molecule is CC[C@H](NC(=O)N1CC(O)C1)c1nc(C)c(C)s1. The van der Waals surface area contributed by atoms with Crippen LogP contribution in [0.4, 0.5) is 4.79 Å². The molecule has 0 bridgehead atoms. The predicted molar refractivity (Wildman–Crippen MR) is 70.7 cm³/mol. The summed E-state index contributed by atoms with van der Waals surface area (Å²) >= 11 is 1.63. The highest BCUT2D eigenvalue weighted by Gasteiger charge is 2.30. The Labute approximate surface area is 111 Å². The molecule has 2 rings (SSSR count). The number of nitrogens with zero attached hydrogens (tertiary/aromatic N) is 2. The van der Waals surface area contributed by atoms with E-state index < -0.39 is 0 Å². The summed E-state index contributed by atoms with van der Waals surface area (Å²) in [6, 6.07) is -0.148. The van der Waals surface area contributed by atoms with Gasteiger partial charge in [0.05, 0.1) is 30.9 Å². The zero-order chi connectivity index (χ0) is 13.3. The molecule has 0 unspecified atom stereocenters. The van der Waals surface area contributed by atoms with Crippen molar-refractivity contribution in [3.05, 3.63) is 15.6 Å². The minimum Gasteiger partial charge on any atom is -0.389 e. The Bertz CT molecular complexity index is 421. The Balaban J connectivity index is 1.99. The molecule has 100 valence electrons. The number of aliphatic hydroxyl groups excluding tert-OH is 1. The first-order valence-electron chi connectivity index (χ1n) is 6.18. The molecule has 1 aliphatic heterocycles. The summed E-state index contributed by atoms with van der Waals surface area (Å²) in [6.07, 6.45) is 0.453. The van der Waals surface area contributed by atoms with Gasteiger partial charge >= 0.3 is 6.03 Å². The molecule has 18 heavy (non-hydrogen) atoms. The monoisotopic (exact) mass is 269 g/mol. The Morgan fingerprint density at radius 2 is 2.28 bits per heavy atom. The van der Waals surface area contributed by atoms with Crippen molar-refractivity contribution in [2.24, 2.45) is 0 Å². The molecular weight excluding hydrogens is 250 g/mol. The van der Waals surface area contributed by atoms with E-state index in [0.717, 1.165) is 17.1 Å². The molecule has 0 aliphatic carbocycles. The third kappa shape index (κ3) is 2.64. The quantitative estimate of drug-likeness (QED) is 0.876. The van der Waals surface area contributed by atoms with Gasteiger partial charge in [-0.3, -0.25) is 0 Å². The molecular formula is C12H19N3O2S. The van der Waals surface area contributed by atoms with Crippen LogP contribution in [0.15, 0.2) is 0 Å². The van der Waals surface area contributed by atoms with Gasteiger partial charge in [0, 0.05) is 4.88 Å². The van der Waals surface area contributed by atoms with Gasteiger partial charge in [-0.15, -0.1) is 11.3 Å². The Morgan fingerprint density at radius 3 is 2.72 bits per heavy atom. The Hall–Kier alpha value is -1.14. The summed E-state index contributed by atoms with van der Waals surface area (Å²) in [5.74, 6) is 0. The molecule has 1 aliphatic rings. The van der Waals surface area contributed by atoms with Gasteiger partial charge in [0.25, 0.3) is 0 Å². The average Bonchev–Trinajstić information content (AvgIpc) is 2.62. The number of nitrogens with one attached hydrogen (secondary N) is 1. The smallest absolute Gasteiger partial charge is 0.318 e. The van der Waals surface area contributed by atoms with Crippen LogP contribution in [-0.2, 0) is 0 Å². The van der Waals surface area contributed by atoms with E-state index in [0.29, 0.717) is 13.1 Å². The summed E-state index contributed by atoms with van der Waals surface area (Å²) in [7, 11) is 0. The molecule has 1 atom stereocenters. The molecule has 2 heterocycles. The number of thiazole rings is 1. The lowest BCUT2D eigenvalue weighted by molar-refractivity contribution is 0.0257. The van der Waals surface area contributed by atoms with Crippen molar-refractivity contribution in [3.63, 3.8) is 0 Å². The first-order valence-corrected chi connectivity index (χ1v) is 7.00. The molecule has 0 radical (unpaired) electrons. The molecule has 1 fully saturated rings. The fourth-order valence-corrected chi connectivity index (χ4v) is 2.90. The van der Waals surface area contributed by atoms with E-state index >= 15 is 0 Å². The van der Waals surface area contributed by atoms with Gasteiger partial charge in [0.1, 0.15) is 5.01 Å². The molecule has 2 amide bonds. The van der Waals surface area contributed by atoms with Crippen molar-refractivity contribution < 1.29 is 9.90 Å². The summed E-state index contributed by atoms with van der Waals surface area (Å²) in [5, 5.41) is 13.1. The minimum absolute atomic E-state index is 0.0346. The lowest BCUT2D eigenvalue weighted by Crippen LogP contribution is -2.57. The van der Waals surface area contributed by atoms with E-state index in [4.69, 9.17) is 0 Å². The fraction of sp³-hybridized carbons (Fsp3) is 0.667. The number of aliphatic hydroxyl groups is 1. The van der Waals surface area contributed by atoms with Gasteiger partial charge in [-0.05, 0) is 20.3 Å². The highest BCUT2D eigenvalue weighted by molar-refractivity contribution is 7.11. The fourth-order valence-electron chi connectivity index (χ4n) is 1.85. The van der Waals surface area contributed by atoms with Crippen LogP contribution in [0.2, 0.25) is 0 Å². The van der Waals surface area contributed by atoms with Crippen molar-refractivity contribution in [1.82, 2.24) is 15.2 Å². The number of aromatic nitrogens is 1. The second-order valence-corrected chi connectivity index (χ2v) is 5.90. The van der Waals surface area contributed by atoms with Gasteiger partial charge in [-0.25, -0.2) is 9.78 Å². The van der Waals surface area contributed by atoms with E-state index in [-0.39, 0.29) is 18.2 Å². The lowest BCUT2D eigenvalue weighted by atomic mass is 10.2. The third-order valence-corrected chi connectivity index (χ3v) is 4.39. The van der Waals surface area contributed by atoms with Crippen LogP contribution in [0.1, 0.15) is 35.0 Å². The van der Waals surface area contributed by atoms with Crippen LogP contribution in [0.5, 0.6) is 0 Å². The van der Waals surface area contributed by atoms with E-state index in [1.54, 1.807) is 16.2 Å². The molecule has 1 aromatic rings. The second-order valence-electron chi connectivity index (χ2n) is 4.66. The maximum Gasteiger partial charge on any atom is 0.318 e. The topological polar surface area (TPSA) is 65.5 Å². The zero-order valence-electron chi connectivity index (χ0n) is 10.9. The molecule has 2 N–H and O–H groups in total. The van der Waals surface area contributed by atoms with Crippen molar-refractivity contribution >= 4 is 17.4 Å². The number of carbonyl (C=O) groups is 1. The molecule has 0 spiro atoms. The average molecular weight is 269 g/mol. The van der Waals surface area contributed by atoms with Gasteiger partial charge in [0.15, 0.2) is 0 Å². The van der Waals surface area contributed by atoms with Gasteiger partial charge < -0.3 is 15.3 Å². The molecule has 1 aromatic heterocycles.